The topological polar surface area (TPSA) is 50.7 Å². The number of nitrogens with zero attached hydrogens (tertiary/aromatic N) is 1. The Morgan fingerprint density at radius 2 is 1.81 bits per heavy atom. The molecule has 0 aliphatic heterocycles. The largest absolute Gasteiger partial charge is 0.484 e. The standard InChI is InChI=1S/C16H15ClN2O2/c1-12(13-5-3-2-4-6-13)18-19-16(20)11-21-15-9-7-14(17)8-10-15/h2-10H,11H2,1H3,(H,19,20)/b18-12+. The van der Waals surface area contributed by atoms with Gasteiger partial charge in [0.15, 0.2) is 6.61 Å². The second kappa shape index (κ2) is 7.45. The van der Waals surface area contributed by atoms with E-state index >= 15 is 0 Å². The van der Waals surface area contributed by atoms with Crippen LogP contribution in [0.25, 0.3) is 0 Å². The van der Waals surface area contributed by atoms with E-state index in [1.807, 2.05) is 37.3 Å². The van der Waals surface area contributed by atoms with Crippen molar-refractivity contribution in [2.75, 3.05) is 6.61 Å². The molecule has 0 saturated carbocycles. The van der Waals surface area contributed by atoms with Crippen molar-refractivity contribution in [3.63, 3.8) is 0 Å². The van der Waals surface area contributed by atoms with Gasteiger partial charge in [0.25, 0.3) is 5.91 Å². The van der Waals surface area contributed by atoms with E-state index in [0.29, 0.717) is 10.8 Å². The molecule has 5 heteroatoms. The molecule has 0 saturated heterocycles. The zero-order valence-electron chi connectivity index (χ0n) is 11.5. The van der Waals surface area contributed by atoms with Crippen LogP contribution in [0.1, 0.15) is 12.5 Å². The lowest BCUT2D eigenvalue weighted by Gasteiger charge is -2.05. The number of hydrazone groups is 1. The summed E-state index contributed by atoms with van der Waals surface area (Å²) in [6.07, 6.45) is 0. The number of hydrogen-bond donors (Lipinski definition) is 1. The molecule has 0 heterocycles. The van der Waals surface area contributed by atoms with Crippen LogP contribution in [-0.2, 0) is 4.79 Å². The molecular weight excluding hydrogens is 288 g/mol. The number of ether oxygens (including phenoxy) is 1. The molecule has 1 amide bonds. The molecule has 0 bridgehead atoms. The van der Waals surface area contributed by atoms with Crippen molar-refractivity contribution in [2.24, 2.45) is 5.10 Å². The van der Waals surface area contributed by atoms with Gasteiger partial charge in [-0.05, 0) is 36.8 Å². The van der Waals surface area contributed by atoms with Crippen LogP contribution < -0.4 is 10.2 Å². The van der Waals surface area contributed by atoms with E-state index in [9.17, 15) is 4.79 Å². The average Bonchev–Trinajstić information content (AvgIpc) is 2.53. The molecular formula is C16H15ClN2O2. The van der Waals surface area contributed by atoms with Crippen molar-refractivity contribution in [3.05, 3.63) is 65.2 Å². The third-order valence-corrected chi connectivity index (χ3v) is 2.98. The maximum absolute atomic E-state index is 11.6. The van der Waals surface area contributed by atoms with Crippen molar-refractivity contribution in [1.82, 2.24) is 5.43 Å². The molecule has 0 aliphatic carbocycles. The number of hydrogen-bond acceptors (Lipinski definition) is 3. The molecule has 0 aromatic heterocycles. The fourth-order valence-electron chi connectivity index (χ4n) is 1.60. The molecule has 4 nitrogen and oxygen atoms in total. The molecule has 0 radical (unpaired) electrons. The SMILES string of the molecule is C/C(=N\NC(=O)COc1ccc(Cl)cc1)c1ccccc1. The van der Waals surface area contributed by atoms with E-state index in [1.54, 1.807) is 24.3 Å². The predicted octanol–water partition coefficient (Wildman–Crippen LogP) is 3.26. The van der Waals surface area contributed by atoms with Gasteiger partial charge in [-0.2, -0.15) is 5.10 Å². The van der Waals surface area contributed by atoms with E-state index in [4.69, 9.17) is 16.3 Å². The van der Waals surface area contributed by atoms with Crippen molar-refractivity contribution in [3.8, 4) is 5.75 Å². The van der Waals surface area contributed by atoms with Gasteiger partial charge >= 0.3 is 0 Å². The lowest BCUT2D eigenvalue weighted by molar-refractivity contribution is -0.123. The zero-order valence-corrected chi connectivity index (χ0v) is 12.3. The van der Waals surface area contributed by atoms with E-state index in [1.165, 1.54) is 0 Å². The first-order valence-corrected chi connectivity index (χ1v) is 6.80. The molecule has 0 fully saturated rings. The van der Waals surface area contributed by atoms with Gasteiger partial charge < -0.3 is 4.74 Å². The summed E-state index contributed by atoms with van der Waals surface area (Å²) in [7, 11) is 0. The van der Waals surface area contributed by atoms with Gasteiger partial charge in [-0.3, -0.25) is 4.79 Å². The summed E-state index contributed by atoms with van der Waals surface area (Å²) in [6, 6.07) is 16.4. The summed E-state index contributed by atoms with van der Waals surface area (Å²) >= 11 is 5.76. The first-order valence-electron chi connectivity index (χ1n) is 6.42. The molecule has 0 spiro atoms. The van der Waals surface area contributed by atoms with E-state index in [2.05, 4.69) is 10.5 Å². The Bertz CT molecular complexity index is 624. The Labute approximate surface area is 128 Å². The number of halogens is 1. The predicted molar refractivity (Wildman–Crippen MR) is 83.7 cm³/mol. The smallest absolute Gasteiger partial charge is 0.277 e. The Morgan fingerprint density at radius 1 is 1.14 bits per heavy atom. The van der Waals surface area contributed by atoms with Gasteiger partial charge in [-0.15, -0.1) is 0 Å². The number of nitrogens with one attached hydrogen (secondary N) is 1. The van der Waals surface area contributed by atoms with Gasteiger partial charge in [0.2, 0.25) is 0 Å². The lowest BCUT2D eigenvalue weighted by atomic mass is 10.1. The minimum Gasteiger partial charge on any atom is -0.484 e. The van der Waals surface area contributed by atoms with Crippen LogP contribution in [-0.4, -0.2) is 18.2 Å². The number of rotatable bonds is 5. The number of benzene rings is 2. The second-order valence-electron chi connectivity index (χ2n) is 4.34. The van der Waals surface area contributed by atoms with Gasteiger partial charge in [-0.25, -0.2) is 5.43 Å². The summed E-state index contributed by atoms with van der Waals surface area (Å²) in [5.74, 6) is 0.263. The van der Waals surface area contributed by atoms with Crippen molar-refractivity contribution in [2.45, 2.75) is 6.92 Å². The molecule has 21 heavy (non-hydrogen) atoms. The highest BCUT2D eigenvalue weighted by atomic mass is 35.5. The van der Waals surface area contributed by atoms with Crippen LogP contribution in [0.2, 0.25) is 5.02 Å². The Balaban J connectivity index is 1.83. The van der Waals surface area contributed by atoms with E-state index in [0.717, 1.165) is 11.3 Å². The highest BCUT2D eigenvalue weighted by Crippen LogP contribution is 2.15. The van der Waals surface area contributed by atoms with Gasteiger partial charge in [0.1, 0.15) is 5.75 Å². The first kappa shape index (κ1) is 15.1. The molecule has 108 valence electrons. The fraction of sp³-hybridized carbons (Fsp3) is 0.125. The number of carbonyl (C=O) groups is 1. The van der Waals surface area contributed by atoms with Crippen molar-refractivity contribution < 1.29 is 9.53 Å². The summed E-state index contributed by atoms with van der Waals surface area (Å²) in [5, 5.41) is 4.66. The Morgan fingerprint density at radius 3 is 2.48 bits per heavy atom. The first-order chi connectivity index (χ1) is 10.1. The minimum absolute atomic E-state index is 0.104. The second-order valence-corrected chi connectivity index (χ2v) is 4.78. The minimum atomic E-state index is -0.319. The average molecular weight is 303 g/mol. The number of amides is 1. The van der Waals surface area contributed by atoms with Gasteiger partial charge in [0.05, 0.1) is 5.71 Å². The molecule has 1 N–H and O–H groups in total. The summed E-state index contributed by atoms with van der Waals surface area (Å²) < 4.78 is 5.32. The van der Waals surface area contributed by atoms with Crippen LogP contribution in [0.3, 0.4) is 0 Å². The van der Waals surface area contributed by atoms with Crippen LogP contribution in [0.4, 0.5) is 0 Å². The van der Waals surface area contributed by atoms with Crippen LogP contribution in [0.5, 0.6) is 5.75 Å². The highest BCUT2D eigenvalue weighted by molar-refractivity contribution is 6.30. The molecule has 0 aliphatic rings. The quantitative estimate of drug-likeness (QED) is 0.681. The molecule has 0 atom stereocenters. The summed E-state index contributed by atoms with van der Waals surface area (Å²) in [5.41, 5.74) is 4.15. The van der Waals surface area contributed by atoms with Crippen LogP contribution in [0, 0.1) is 0 Å². The van der Waals surface area contributed by atoms with E-state index < -0.39 is 0 Å². The Kier molecular flexibility index (Phi) is 5.35. The zero-order chi connectivity index (χ0) is 15.1. The van der Waals surface area contributed by atoms with Gasteiger partial charge in [-0.1, -0.05) is 41.9 Å². The molecule has 0 unspecified atom stereocenters. The summed E-state index contributed by atoms with van der Waals surface area (Å²) in [6.45, 7) is 1.73. The monoisotopic (exact) mass is 302 g/mol. The van der Waals surface area contributed by atoms with Gasteiger partial charge in [0, 0.05) is 5.02 Å². The highest BCUT2D eigenvalue weighted by Gasteiger charge is 2.02. The molecule has 2 aromatic carbocycles. The third-order valence-electron chi connectivity index (χ3n) is 2.72. The van der Waals surface area contributed by atoms with Crippen LogP contribution in [0.15, 0.2) is 59.7 Å². The Hall–Kier alpha value is -2.33. The van der Waals surface area contributed by atoms with Crippen molar-refractivity contribution in [1.29, 1.82) is 0 Å². The third kappa shape index (κ3) is 4.93. The number of carbonyl (C=O) groups excluding carboxylic acids is 1. The molecule has 2 rings (SSSR count). The molecule has 2 aromatic rings. The maximum Gasteiger partial charge on any atom is 0.277 e. The normalized spacial score (nSPS) is 11.0. The lowest BCUT2D eigenvalue weighted by Crippen LogP contribution is -2.25. The summed E-state index contributed by atoms with van der Waals surface area (Å²) in [4.78, 5) is 11.6. The fourth-order valence-corrected chi connectivity index (χ4v) is 1.73. The maximum atomic E-state index is 11.6. The van der Waals surface area contributed by atoms with E-state index in [-0.39, 0.29) is 12.5 Å². The van der Waals surface area contributed by atoms with Crippen molar-refractivity contribution >= 4 is 23.2 Å². The van der Waals surface area contributed by atoms with Crippen LogP contribution >= 0.6 is 11.6 Å².